The maximum Gasteiger partial charge on any atom is 0.225 e. The molecule has 4 nitrogen and oxygen atoms in total. The second kappa shape index (κ2) is 5.76. The Morgan fingerprint density at radius 3 is 2.86 bits per heavy atom. The second-order valence-electron chi connectivity index (χ2n) is 5.45. The van der Waals surface area contributed by atoms with Gasteiger partial charge >= 0.3 is 0 Å². The first kappa shape index (κ1) is 15.1. The first-order chi connectivity index (χ1) is 10.5. The standard InChI is InChI=1S/C15H15ClF2N4/c1-8-5-3-4-6-22(13(8)18)14-10-7-19-9(2)11(17)12(10)20-15(16)21-14/h3-4,7-8,13H,5-6H2,1-2H3. The minimum Gasteiger partial charge on any atom is -0.322 e. The van der Waals surface area contributed by atoms with Gasteiger partial charge in [-0.1, -0.05) is 19.1 Å². The molecule has 2 aromatic rings. The molecule has 7 heteroatoms. The van der Waals surface area contributed by atoms with Crippen molar-refractivity contribution in [3.63, 3.8) is 0 Å². The Morgan fingerprint density at radius 1 is 1.32 bits per heavy atom. The van der Waals surface area contributed by atoms with Crippen molar-refractivity contribution >= 4 is 28.3 Å². The molecule has 0 radical (unpaired) electrons. The molecule has 0 aliphatic carbocycles. The fourth-order valence-corrected chi connectivity index (χ4v) is 2.71. The monoisotopic (exact) mass is 324 g/mol. The molecular formula is C15H15ClF2N4. The van der Waals surface area contributed by atoms with Crippen LogP contribution in [0.2, 0.25) is 5.28 Å². The third-order valence-electron chi connectivity index (χ3n) is 3.83. The molecule has 2 unspecified atom stereocenters. The minimum absolute atomic E-state index is 0.0654. The van der Waals surface area contributed by atoms with Crippen molar-refractivity contribution in [1.82, 2.24) is 15.0 Å². The van der Waals surface area contributed by atoms with Crippen molar-refractivity contribution in [2.75, 3.05) is 11.4 Å². The molecule has 0 spiro atoms. The number of nitrogens with zero attached hydrogens (tertiary/aromatic N) is 4. The van der Waals surface area contributed by atoms with Gasteiger partial charge < -0.3 is 4.90 Å². The van der Waals surface area contributed by atoms with Crippen molar-refractivity contribution in [2.24, 2.45) is 5.92 Å². The number of allylic oxidation sites excluding steroid dienone is 1. The molecule has 0 fully saturated rings. The van der Waals surface area contributed by atoms with Crippen LogP contribution in [0.3, 0.4) is 0 Å². The van der Waals surface area contributed by atoms with E-state index in [1.807, 2.05) is 19.1 Å². The van der Waals surface area contributed by atoms with Crippen molar-refractivity contribution in [2.45, 2.75) is 26.6 Å². The van der Waals surface area contributed by atoms with Crippen LogP contribution in [0.25, 0.3) is 10.9 Å². The maximum atomic E-state index is 14.7. The van der Waals surface area contributed by atoms with Gasteiger partial charge in [-0.2, -0.15) is 4.98 Å². The Balaban J connectivity index is 2.21. The van der Waals surface area contributed by atoms with Crippen LogP contribution in [0.15, 0.2) is 18.3 Å². The zero-order valence-corrected chi connectivity index (χ0v) is 13.0. The van der Waals surface area contributed by atoms with Crippen LogP contribution < -0.4 is 4.90 Å². The number of halogens is 3. The summed E-state index contributed by atoms with van der Waals surface area (Å²) < 4.78 is 28.9. The summed E-state index contributed by atoms with van der Waals surface area (Å²) in [5.74, 6) is -0.491. The first-order valence-corrected chi connectivity index (χ1v) is 7.41. The highest BCUT2D eigenvalue weighted by atomic mass is 35.5. The highest BCUT2D eigenvalue weighted by molar-refractivity contribution is 6.28. The van der Waals surface area contributed by atoms with Crippen LogP contribution in [-0.4, -0.2) is 27.8 Å². The van der Waals surface area contributed by atoms with E-state index in [4.69, 9.17) is 11.6 Å². The second-order valence-corrected chi connectivity index (χ2v) is 5.78. The Bertz CT molecular complexity index is 750. The average Bonchev–Trinajstić information content (AvgIpc) is 2.65. The number of hydrogen-bond acceptors (Lipinski definition) is 4. The normalized spacial score (nSPS) is 22.1. The SMILES string of the molecule is Cc1ncc2c(N3CC=CCC(C)C3F)nc(Cl)nc2c1F. The molecule has 1 aliphatic heterocycles. The van der Waals surface area contributed by atoms with E-state index in [-0.39, 0.29) is 28.2 Å². The first-order valence-electron chi connectivity index (χ1n) is 7.03. The van der Waals surface area contributed by atoms with Gasteiger partial charge in [0.15, 0.2) is 12.1 Å². The molecule has 0 saturated heterocycles. The van der Waals surface area contributed by atoms with Gasteiger partial charge in [0.1, 0.15) is 11.3 Å². The topological polar surface area (TPSA) is 41.9 Å². The lowest BCUT2D eigenvalue weighted by Gasteiger charge is -2.29. The van der Waals surface area contributed by atoms with Crippen molar-refractivity contribution in [3.05, 3.63) is 35.1 Å². The Hall–Kier alpha value is -1.82. The molecule has 2 aromatic heterocycles. The number of fused-ring (bicyclic) bond motifs is 1. The molecule has 22 heavy (non-hydrogen) atoms. The summed E-state index contributed by atoms with van der Waals surface area (Å²) in [4.78, 5) is 13.5. The summed E-state index contributed by atoms with van der Waals surface area (Å²) in [5, 5.41) is 0.248. The quantitative estimate of drug-likeness (QED) is 0.454. The van der Waals surface area contributed by atoms with E-state index >= 15 is 0 Å². The van der Waals surface area contributed by atoms with Gasteiger partial charge in [0.2, 0.25) is 5.28 Å². The van der Waals surface area contributed by atoms with Gasteiger partial charge in [0.25, 0.3) is 0 Å². The Kier molecular flexibility index (Phi) is 3.95. The largest absolute Gasteiger partial charge is 0.322 e. The van der Waals surface area contributed by atoms with E-state index in [0.717, 1.165) is 0 Å². The van der Waals surface area contributed by atoms with Crippen LogP contribution in [0.4, 0.5) is 14.6 Å². The molecule has 0 bridgehead atoms. The Morgan fingerprint density at radius 2 is 2.09 bits per heavy atom. The summed E-state index contributed by atoms with van der Waals surface area (Å²) in [6.07, 6.45) is 4.67. The maximum absolute atomic E-state index is 14.7. The smallest absolute Gasteiger partial charge is 0.225 e. The number of hydrogen-bond donors (Lipinski definition) is 0. The van der Waals surface area contributed by atoms with Gasteiger partial charge in [-0.3, -0.25) is 4.98 Å². The number of anilines is 1. The van der Waals surface area contributed by atoms with Crippen LogP contribution in [0, 0.1) is 18.7 Å². The van der Waals surface area contributed by atoms with Crippen LogP contribution in [-0.2, 0) is 0 Å². The summed E-state index contributed by atoms with van der Waals surface area (Å²) in [6, 6.07) is 0. The van der Waals surface area contributed by atoms with Gasteiger partial charge in [-0.15, -0.1) is 0 Å². The van der Waals surface area contributed by atoms with E-state index in [0.29, 0.717) is 18.4 Å². The Labute approximate surface area is 131 Å². The van der Waals surface area contributed by atoms with Crippen LogP contribution in [0.5, 0.6) is 0 Å². The zero-order chi connectivity index (χ0) is 15.9. The van der Waals surface area contributed by atoms with Gasteiger partial charge in [0.05, 0.1) is 11.1 Å². The van der Waals surface area contributed by atoms with Crippen molar-refractivity contribution in [3.8, 4) is 0 Å². The van der Waals surface area contributed by atoms with Crippen LogP contribution >= 0.6 is 11.6 Å². The summed E-state index contributed by atoms with van der Waals surface area (Å²) in [5.41, 5.74) is 0.282. The van der Waals surface area contributed by atoms with Crippen molar-refractivity contribution in [1.29, 1.82) is 0 Å². The number of aromatic nitrogens is 3. The van der Waals surface area contributed by atoms with Crippen LogP contribution in [0.1, 0.15) is 19.0 Å². The third kappa shape index (κ3) is 2.52. The molecule has 0 saturated carbocycles. The molecule has 3 rings (SSSR count). The zero-order valence-electron chi connectivity index (χ0n) is 12.2. The summed E-state index contributed by atoms with van der Waals surface area (Å²) >= 11 is 5.92. The van der Waals surface area contributed by atoms with Gasteiger partial charge in [-0.25, -0.2) is 13.8 Å². The predicted molar refractivity (Wildman–Crippen MR) is 82.2 cm³/mol. The molecule has 0 amide bonds. The third-order valence-corrected chi connectivity index (χ3v) is 4.00. The number of rotatable bonds is 1. The molecule has 2 atom stereocenters. The van der Waals surface area contributed by atoms with E-state index in [2.05, 4.69) is 15.0 Å². The van der Waals surface area contributed by atoms with Crippen molar-refractivity contribution < 1.29 is 8.78 Å². The van der Waals surface area contributed by atoms with Gasteiger partial charge in [0, 0.05) is 18.7 Å². The minimum atomic E-state index is -1.24. The highest BCUT2D eigenvalue weighted by Crippen LogP contribution is 2.32. The molecule has 0 aromatic carbocycles. The molecule has 0 N–H and O–H groups in total. The average molecular weight is 325 g/mol. The van der Waals surface area contributed by atoms with Gasteiger partial charge in [-0.05, 0) is 24.9 Å². The molecular weight excluding hydrogens is 310 g/mol. The fraction of sp³-hybridized carbons (Fsp3) is 0.400. The highest BCUT2D eigenvalue weighted by Gasteiger charge is 2.28. The number of alkyl halides is 1. The van der Waals surface area contributed by atoms with E-state index in [1.165, 1.54) is 11.1 Å². The lowest BCUT2D eigenvalue weighted by molar-refractivity contribution is 0.239. The predicted octanol–water partition coefficient (Wildman–Crippen LogP) is 3.82. The lowest BCUT2D eigenvalue weighted by atomic mass is 10.1. The lowest BCUT2D eigenvalue weighted by Crippen LogP contribution is -2.36. The molecule has 1 aliphatic rings. The fourth-order valence-electron chi connectivity index (χ4n) is 2.55. The molecule has 3 heterocycles. The van der Waals surface area contributed by atoms with E-state index in [9.17, 15) is 8.78 Å². The van der Waals surface area contributed by atoms with E-state index in [1.54, 1.807) is 6.92 Å². The number of aryl methyl sites for hydroxylation is 1. The summed E-state index contributed by atoms with van der Waals surface area (Å²) in [6.45, 7) is 3.70. The van der Waals surface area contributed by atoms with E-state index < -0.39 is 12.1 Å². The number of pyridine rings is 1. The summed E-state index contributed by atoms with van der Waals surface area (Å²) in [7, 11) is 0. The molecule has 116 valence electrons.